The fraction of sp³-hybridized carbons (Fsp3) is 0.188. The van der Waals surface area contributed by atoms with Crippen molar-refractivity contribution in [1.82, 2.24) is 0 Å². The second kappa shape index (κ2) is 14.1. The average molecular weight is 639 g/mol. The van der Waals surface area contributed by atoms with E-state index in [0.717, 1.165) is 35.4 Å². The lowest BCUT2D eigenvalue weighted by molar-refractivity contribution is 0.0965. The molecule has 0 aliphatic rings. The number of Topliss-reactive ketones (excluding diaryl/α,β-unsaturated/α-hetero) is 2. The first-order valence-electron chi connectivity index (χ1n) is 13.8. The van der Waals surface area contributed by atoms with E-state index in [1.165, 1.54) is 24.3 Å². The summed E-state index contributed by atoms with van der Waals surface area (Å²) in [6, 6.07) is 16.4. The Morgan fingerprint density at radius 2 is 0.867 bits per heavy atom. The fourth-order valence-electron chi connectivity index (χ4n) is 4.64. The smallest absolute Gasteiger partial charge is 0.508 e. The highest BCUT2D eigenvalue weighted by molar-refractivity contribution is 7.48. The number of ketones is 2. The van der Waals surface area contributed by atoms with Crippen molar-refractivity contribution in [2.24, 2.45) is 0 Å². The van der Waals surface area contributed by atoms with E-state index in [0.29, 0.717) is 25.7 Å². The van der Waals surface area contributed by atoms with E-state index in [-0.39, 0.29) is 47.0 Å². The van der Waals surface area contributed by atoms with Crippen LogP contribution in [0.2, 0.25) is 0 Å². The molecule has 13 heteroatoms. The summed E-state index contributed by atoms with van der Waals surface area (Å²) in [5, 5.41) is 58.2. The molecule has 0 amide bonds. The van der Waals surface area contributed by atoms with Gasteiger partial charge < -0.3 is 39.7 Å². The Bertz CT molecular complexity index is 1560. The number of phosphoric ester groups is 1. The number of benzene rings is 4. The van der Waals surface area contributed by atoms with Crippen molar-refractivity contribution in [2.45, 2.75) is 38.5 Å². The number of phosphoric acid groups is 1. The lowest BCUT2D eigenvalue weighted by atomic mass is 10.0. The molecule has 0 fully saturated rings. The third-order valence-corrected chi connectivity index (χ3v) is 7.63. The highest BCUT2D eigenvalue weighted by Crippen LogP contribution is 2.44. The van der Waals surface area contributed by atoms with Crippen LogP contribution in [0.4, 0.5) is 0 Å². The van der Waals surface area contributed by atoms with Crippen LogP contribution in [0.15, 0.2) is 72.8 Å². The van der Waals surface area contributed by atoms with Crippen molar-refractivity contribution in [1.29, 1.82) is 0 Å². The van der Waals surface area contributed by atoms with Crippen molar-refractivity contribution >= 4 is 19.4 Å². The largest absolute Gasteiger partial charge is 0.584 e. The third-order valence-electron chi connectivity index (χ3n) is 6.75. The quantitative estimate of drug-likeness (QED) is 0.0637. The monoisotopic (exact) mass is 638 g/mol. The van der Waals surface area contributed by atoms with Gasteiger partial charge in [0.15, 0.2) is 11.6 Å². The van der Waals surface area contributed by atoms with Gasteiger partial charge in [-0.1, -0.05) is 24.3 Å². The van der Waals surface area contributed by atoms with Gasteiger partial charge in [0.25, 0.3) is 0 Å². The number of aryl methyl sites for hydroxylation is 2. The van der Waals surface area contributed by atoms with Gasteiger partial charge in [-0.25, -0.2) is 4.57 Å². The second-order valence-electron chi connectivity index (χ2n) is 10.2. The average Bonchev–Trinajstić information content (AvgIpc) is 2.93. The van der Waals surface area contributed by atoms with E-state index >= 15 is 0 Å². The lowest BCUT2D eigenvalue weighted by Gasteiger charge is -2.14. The van der Waals surface area contributed by atoms with Crippen LogP contribution >= 0.6 is 7.82 Å². The van der Waals surface area contributed by atoms with Crippen LogP contribution in [-0.4, -0.2) is 47.1 Å². The summed E-state index contributed by atoms with van der Waals surface area (Å²) in [5.41, 5.74) is 1.09. The fourth-order valence-corrected chi connectivity index (χ4v) is 5.45. The molecule has 4 aromatic carbocycles. The first-order valence-corrected chi connectivity index (χ1v) is 15.3. The van der Waals surface area contributed by atoms with Crippen LogP contribution in [0.5, 0.6) is 46.0 Å². The normalized spacial score (nSPS) is 11.2. The molecular weight excluding hydrogens is 607 g/mol. The molecule has 7 N–H and O–H groups in total. The van der Waals surface area contributed by atoms with Crippen molar-refractivity contribution in [3.05, 3.63) is 95.1 Å². The van der Waals surface area contributed by atoms with Gasteiger partial charge in [-0.2, -0.15) is 0 Å². The highest BCUT2D eigenvalue weighted by Gasteiger charge is 2.25. The van der Waals surface area contributed by atoms with Crippen molar-refractivity contribution in [2.75, 3.05) is 0 Å². The molecule has 0 unspecified atom stereocenters. The predicted molar refractivity (Wildman–Crippen MR) is 161 cm³/mol. The molecule has 12 nitrogen and oxygen atoms in total. The second-order valence-corrected chi connectivity index (χ2v) is 11.5. The molecule has 4 aromatic rings. The maximum absolute atomic E-state index is 12.6. The minimum absolute atomic E-state index is 0.0235. The molecule has 4 rings (SSSR count). The maximum atomic E-state index is 12.6. The molecule has 0 bridgehead atoms. The highest BCUT2D eigenvalue weighted by atomic mass is 31.2. The number of phenols is 6. The van der Waals surface area contributed by atoms with Crippen LogP contribution in [0.25, 0.3) is 0 Å². The van der Waals surface area contributed by atoms with E-state index in [1.54, 1.807) is 24.3 Å². The first-order chi connectivity index (χ1) is 21.3. The van der Waals surface area contributed by atoms with Crippen molar-refractivity contribution < 1.29 is 58.7 Å². The number of rotatable bonds is 14. The van der Waals surface area contributed by atoms with E-state index in [9.17, 15) is 49.7 Å². The van der Waals surface area contributed by atoms with Crippen LogP contribution in [-0.2, 0) is 17.4 Å². The molecule has 0 heterocycles. The number of aromatic hydroxyl groups is 6. The van der Waals surface area contributed by atoms with Gasteiger partial charge in [-0.3, -0.25) is 14.5 Å². The van der Waals surface area contributed by atoms with E-state index in [2.05, 4.69) is 0 Å². The Morgan fingerprint density at radius 3 is 1.18 bits per heavy atom. The summed E-state index contributed by atoms with van der Waals surface area (Å²) in [6.07, 6.45) is 1.74. The molecule has 0 saturated carbocycles. The SMILES string of the molecule is O=C(CCCc1ccc(OP(=O)(O)Oc2ccc(CCCC(=O)c3c(O)cc(O)cc3O)cc2)cc1)c1c(O)cc(O)cc1O. The summed E-state index contributed by atoms with van der Waals surface area (Å²) in [5.74, 6) is -3.58. The van der Waals surface area contributed by atoms with E-state index in [4.69, 9.17) is 9.05 Å². The van der Waals surface area contributed by atoms with Crippen molar-refractivity contribution in [3.63, 3.8) is 0 Å². The summed E-state index contributed by atoms with van der Waals surface area (Å²) in [4.78, 5) is 35.0. The molecule has 0 radical (unpaired) electrons. The number of hydrogen-bond acceptors (Lipinski definition) is 11. The molecule has 45 heavy (non-hydrogen) atoms. The third kappa shape index (κ3) is 8.91. The lowest BCUT2D eigenvalue weighted by Crippen LogP contribution is -2.02. The van der Waals surface area contributed by atoms with Gasteiger partial charge in [0.05, 0.1) is 0 Å². The summed E-state index contributed by atoms with van der Waals surface area (Å²) in [7, 11) is -4.55. The zero-order chi connectivity index (χ0) is 32.7. The predicted octanol–water partition coefficient (Wildman–Crippen LogP) is 5.89. The molecule has 0 aliphatic heterocycles. The molecule has 0 saturated heterocycles. The van der Waals surface area contributed by atoms with Crippen LogP contribution in [0.1, 0.15) is 57.5 Å². The van der Waals surface area contributed by atoms with Crippen LogP contribution in [0.3, 0.4) is 0 Å². The van der Waals surface area contributed by atoms with Gasteiger partial charge in [-0.05, 0) is 61.1 Å². The van der Waals surface area contributed by atoms with Gasteiger partial charge in [0.1, 0.15) is 57.1 Å². The number of carbonyl (C=O) groups excluding carboxylic acids is 2. The van der Waals surface area contributed by atoms with Gasteiger partial charge >= 0.3 is 7.82 Å². The Labute approximate surface area is 257 Å². The zero-order valence-corrected chi connectivity index (χ0v) is 24.7. The van der Waals surface area contributed by atoms with Gasteiger partial charge in [0, 0.05) is 37.1 Å². The van der Waals surface area contributed by atoms with Crippen LogP contribution in [0, 0.1) is 0 Å². The molecule has 0 aromatic heterocycles. The van der Waals surface area contributed by atoms with E-state index in [1.807, 2.05) is 0 Å². The summed E-state index contributed by atoms with van der Waals surface area (Å²) < 4.78 is 22.9. The molecule has 0 aliphatic carbocycles. The zero-order valence-electron chi connectivity index (χ0n) is 23.8. The first kappa shape index (κ1) is 32.7. The Morgan fingerprint density at radius 1 is 0.556 bits per heavy atom. The standard InChI is InChI=1S/C32H31O12P/c33-21-15-27(37)31(28(38)16-21)25(35)5-1-3-19-7-11-23(12-8-19)43-45(41,42)44-24-13-9-20(10-14-24)4-2-6-26(36)32-29(39)17-22(34)18-30(32)40/h7-18,33-34,37-40H,1-6H2,(H,41,42). The number of carbonyl (C=O) groups is 2. The molecule has 0 atom stereocenters. The Kier molecular flexibility index (Phi) is 10.2. The van der Waals surface area contributed by atoms with E-state index < -0.39 is 42.4 Å². The minimum atomic E-state index is -4.55. The van der Waals surface area contributed by atoms with Crippen LogP contribution < -0.4 is 9.05 Å². The summed E-state index contributed by atoms with van der Waals surface area (Å²) in [6.45, 7) is 0. The topological polar surface area (TPSA) is 211 Å². The Hall–Kier alpha value is -5.19. The maximum Gasteiger partial charge on any atom is 0.584 e. The van der Waals surface area contributed by atoms with Gasteiger partial charge in [-0.15, -0.1) is 0 Å². The summed E-state index contributed by atoms with van der Waals surface area (Å²) >= 11 is 0. The number of hydrogen-bond donors (Lipinski definition) is 7. The van der Waals surface area contributed by atoms with Gasteiger partial charge in [0.2, 0.25) is 0 Å². The minimum Gasteiger partial charge on any atom is -0.508 e. The molecular formula is C32H31O12P. The molecule has 0 spiro atoms. The molecule has 236 valence electrons. The van der Waals surface area contributed by atoms with Crippen molar-refractivity contribution in [3.8, 4) is 46.0 Å². The number of phenolic OH excluding ortho intramolecular Hbond substituents is 6. The Balaban J connectivity index is 1.23.